The number of rotatable bonds is 0. The highest BCUT2D eigenvalue weighted by Gasteiger charge is 2.51. The molecule has 0 aliphatic heterocycles. The summed E-state index contributed by atoms with van der Waals surface area (Å²) in [7, 11) is 0. The summed E-state index contributed by atoms with van der Waals surface area (Å²) in [6.45, 7) is 0. The smallest absolute Gasteiger partial charge is 0.0101 e. The van der Waals surface area contributed by atoms with Gasteiger partial charge in [0.25, 0.3) is 0 Å². The van der Waals surface area contributed by atoms with Gasteiger partial charge in [0.15, 0.2) is 0 Å². The van der Waals surface area contributed by atoms with E-state index in [2.05, 4.69) is 24.3 Å². The Morgan fingerprint density at radius 2 is 1.67 bits per heavy atom. The summed E-state index contributed by atoms with van der Waals surface area (Å²) in [6.07, 6.45) is 10.9. The van der Waals surface area contributed by atoms with Gasteiger partial charge in [-0.3, -0.25) is 0 Å². The molecule has 0 aromatic carbocycles. The maximum absolute atomic E-state index is 2.41. The Bertz CT molecular complexity index is 200. The molecular formula is C9H10. The van der Waals surface area contributed by atoms with Crippen molar-refractivity contribution in [3.8, 4) is 0 Å². The number of hydrogen-bond donors (Lipinski definition) is 0. The van der Waals surface area contributed by atoms with Gasteiger partial charge in [0.1, 0.15) is 0 Å². The van der Waals surface area contributed by atoms with Gasteiger partial charge in [0, 0.05) is 0 Å². The minimum absolute atomic E-state index is 0.958. The molecule has 0 amide bonds. The van der Waals surface area contributed by atoms with E-state index in [0.29, 0.717) is 0 Å². The molecule has 0 N–H and O–H groups in total. The molecule has 0 radical (unpaired) electrons. The van der Waals surface area contributed by atoms with Crippen molar-refractivity contribution >= 4 is 0 Å². The summed E-state index contributed by atoms with van der Waals surface area (Å²) < 4.78 is 0. The lowest BCUT2D eigenvalue weighted by Crippen LogP contribution is -2.46. The van der Waals surface area contributed by atoms with Crippen LogP contribution in [0.25, 0.3) is 0 Å². The Hall–Kier alpha value is -0.520. The van der Waals surface area contributed by atoms with Gasteiger partial charge in [-0.15, -0.1) is 0 Å². The van der Waals surface area contributed by atoms with Gasteiger partial charge in [-0.2, -0.15) is 0 Å². The summed E-state index contributed by atoms with van der Waals surface area (Å²) >= 11 is 0. The quantitative estimate of drug-likeness (QED) is 0.427. The van der Waals surface area contributed by atoms with Gasteiger partial charge in [0.05, 0.1) is 0 Å². The van der Waals surface area contributed by atoms with Crippen molar-refractivity contribution in [1.82, 2.24) is 0 Å². The second-order valence-corrected chi connectivity index (χ2v) is 3.44. The fourth-order valence-electron chi connectivity index (χ4n) is 2.56. The molecule has 0 heterocycles. The van der Waals surface area contributed by atoms with Gasteiger partial charge >= 0.3 is 0 Å². The van der Waals surface area contributed by atoms with Crippen molar-refractivity contribution in [3.05, 3.63) is 24.3 Å². The zero-order chi connectivity index (χ0) is 5.84. The Balaban J connectivity index is 1.99. The highest BCUT2D eigenvalue weighted by molar-refractivity contribution is 5.28. The molecule has 0 aromatic heterocycles. The lowest BCUT2D eigenvalue weighted by atomic mass is 9.53. The van der Waals surface area contributed by atoms with Crippen LogP contribution >= 0.6 is 0 Å². The van der Waals surface area contributed by atoms with E-state index in [-0.39, 0.29) is 0 Å². The Morgan fingerprint density at radius 1 is 0.889 bits per heavy atom. The van der Waals surface area contributed by atoms with Crippen LogP contribution in [0.1, 0.15) is 6.42 Å². The third-order valence-electron chi connectivity index (χ3n) is 3.20. The Kier molecular flexibility index (Phi) is 0.555. The average molecular weight is 118 g/mol. The van der Waals surface area contributed by atoms with Crippen molar-refractivity contribution in [2.45, 2.75) is 6.42 Å². The summed E-state index contributed by atoms with van der Waals surface area (Å²) in [5.74, 6) is 3.94. The van der Waals surface area contributed by atoms with Crippen LogP contribution in [0.3, 0.4) is 0 Å². The van der Waals surface area contributed by atoms with E-state index < -0.39 is 0 Å². The molecule has 1 fully saturated rings. The number of allylic oxidation sites excluding steroid dienone is 4. The molecule has 0 bridgehead atoms. The predicted octanol–water partition coefficient (Wildman–Crippen LogP) is 1.99. The van der Waals surface area contributed by atoms with Crippen LogP contribution in [0, 0.1) is 23.7 Å². The van der Waals surface area contributed by atoms with Crippen LogP contribution in [0.4, 0.5) is 0 Å². The Labute approximate surface area is 55.3 Å². The van der Waals surface area contributed by atoms with E-state index in [4.69, 9.17) is 0 Å². The lowest BCUT2D eigenvalue weighted by Gasteiger charge is -2.51. The van der Waals surface area contributed by atoms with Crippen molar-refractivity contribution < 1.29 is 0 Å². The van der Waals surface area contributed by atoms with Gasteiger partial charge in [-0.25, -0.2) is 0 Å². The molecule has 4 atom stereocenters. The summed E-state index contributed by atoms with van der Waals surface area (Å²) in [5.41, 5.74) is 0. The molecule has 9 heavy (non-hydrogen) atoms. The molecule has 3 aliphatic rings. The molecule has 0 aromatic rings. The van der Waals surface area contributed by atoms with Crippen molar-refractivity contribution in [3.63, 3.8) is 0 Å². The fraction of sp³-hybridized carbons (Fsp3) is 0.556. The number of fused-ring (bicyclic) bond motifs is 4. The van der Waals surface area contributed by atoms with Gasteiger partial charge in [0.2, 0.25) is 0 Å². The maximum Gasteiger partial charge on any atom is -0.0101 e. The molecule has 0 saturated heterocycles. The van der Waals surface area contributed by atoms with Crippen molar-refractivity contribution in [2.75, 3.05) is 0 Å². The molecule has 0 spiro atoms. The Morgan fingerprint density at radius 3 is 2.33 bits per heavy atom. The van der Waals surface area contributed by atoms with Crippen molar-refractivity contribution in [1.29, 1.82) is 0 Å². The summed E-state index contributed by atoms with van der Waals surface area (Å²) in [4.78, 5) is 0. The zero-order valence-electron chi connectivity index (χ0n) is 5.33. The average Bonchev–Trinajstić information content (AvgIpc) is 2.13. The van der Waals surface area contributed by atoms with E-state index in [0.717, 1.165) is 23.7 Å². The molecule has 0 nitrogen and oxygen atoms in total. The predicted molar refractivity (Wildman–Crippen MR) is 36.9 cm³/mol. The topological polar surface area (TPSA) is 0 Å². The molecule has 4 unspecified atom stereocenters. The largest absolute Gasteiger partial charge is 0.0879 e. The molecule has 1 saturated carbocycles. The normalized spacial score (nSPS) is 57.8. The van der Waals surface area contributed by atoms with Crippen LogP contribution in [0.15, 0.2) is 24.3 Å². The third-order valence-corrected chi connectivity index (χ3v) is 3.20. The first kappa shape index (κ1) is 4.32. The third kappa shape index (κ3) is 0.320. The standard InChI is InChI=1S/C9H10/c1-2-6-7(3-1)9-5-4-8(6)9/h1-2,4-9H,3H2. The van der Waals surface area contributed by atoms with Crippen LogP contribution < -0.4 is 0 Å². The first-order valence-electron chi connectivity index (χ1n) is 3.82. The van der Waals surface area contributed by atoms with Crippen LogP contribution in [-0.2, 0) is 0 Å². The van der Waals surface area contributed by atoms with E-state index in [1.807, 2.05) is 0 Å². The molecular weight excluding hydrogens is 108 g/mol. The lowest BCUT2D eigenvalue weighted by molar-refractivity contribution is 0.0714. The molecule has 0 heteroatoms. The molecule has 46 valence electrons. The maximum atomic E-state index is 2.41. The monoisotopic (exact) mass is 118 g/mol. The van der Waals surface area contributed by atoms with E-state index >= 15 is 0 Å². The van der Waals surface area contributed by atoms with Gasteiger partial charge in [-0.1, -0.05) is 24.3 Å². The van der Waals surface area contributed by atoms with Crippen LogP contribution in [-0.4, -0.2) is 0 Å². The zero-order valence-corrected chi connectivity index (χ0v) is 5.33. The van der Waals surface area contributed by atoms with E-state index in [1.54, 1.807) is 0 Å². The second-order valence-electron chi connectivity index (χ2n) is 3.44. The minimum atomic E-state index is 0.958. The SMILES string of the molecule is C1=CC2C3C=CC3C2C1. The van der Waals surface area contributed by atoms with E-state index in [9.17, 15) is 0 Å². The second kappa shape index (κ2) is 1.16. The van der Waals surface area contributed by atoms with Crippen molar-refractivity contribution in [2.24, 2.45) is 23.7 Å². The highest BCUT2D eigenvalue weighted by atomic mass is 14.5. The van der Waals surface area contributed by atoms with Gasteiger partial charge in [-0.05, 0) is 30.1 Å². The number of hydrogen-bond acceptors (Lipinski definition) is 0. The minimum Gasteiger partial charge on any atom is -0.0879 e. The van der Waals surface area contributed by atoms with Gasteiger partial charge < -0.3 is 0 Å². The van der Waals surface area contributed by atoms with Crippen LogP contribution in [0.2, 0.25) is 0 Å². The molecule has 3 aliphatic carbocycles. The molecule has 3 rings (SSSR count). The van der Waals surface area contributed by atoms with Crippen LogP contribution in [0.5, 0.6) is 0 Å². The summed E-state index contributed by atoms with van der Waals surface area (Å²) in [6, 6.07) is 0. The first-order valence-corrected chi connectivity index (χ1v) is 3.82. The first-order chi connectivity index (χ1) is 4.47. The van der Waals surface area contributed by atoms with E-state index in [1.165, 1.54) is 6.42 Å². The summed E-state index contributed by atoms with van der Waals surface area (Å²) in [5, 5.41) is 0. The fourth-order valence-corrected chi connectivity index (χ4v) is 2.56. The highest BCUT2D eigenvalue weighted by Crippen LogP contribution is 2.57.